The Bertz CT molecular complexity index is 1510. The number of nitrogens with one attached hydrogen (secondary N) is 1. The predicted molar refractivity (Wildman–Crippen MR) is 134 cm³/mol. The van der Waals surface area contributed by atoms with Crippen molar-refractivity contribution in [3.05, 3.63) is 96.8 Å². The highest BCUT2D eigenvalue weighted by Gasteiger charge is 2.29. The maximum absolute atomic E-state index is 14.0. The number of anilines is 1. The first kappa shape index (κ1) is 24.3. The molecule has 11 heteroatoms. The summed E-state index contributed by atoms with van der Waals surface area (Å²) >= 11 is 0. The number of nitrogens with zero attached hydrogens (tertiary/aromatic N) is 3. The fourth-order valence-electron chi connectivity index (χ4n) is 3.84. The van der Waals surface area contributed by atoms with E-state index in [2.05, 4.69) is 10.3 Å². The van der Waals surface area contributed by atoms with Crippen molar-refractivity contribution < 1.29 is 27.1 Å². The lowest BCUT2D eigenvalue weighted by atomic mass is 10.2. The normalized spacial score (nSPS) is 12.7. The standard InChI is InChI=1S/C26H23FN4O5S/c27-20-2-1-3-22(14-20)31(37(33,34)23-8-9-24-25(15-23)36-13-12-35-24)17-26(32)29-16-19-4-6-21(7-5-19)30-11-10-28-18-30/h1-11,14-15,18H,12-13,16-17H2,(H,29,32). The maximum Gasteiger partial charge on any atom is 0.264 e. The number of carbonyl (C=O) groups excluding carboxylic acids is 1. The quantitative estimate of drug-likeness (QED) is 0.381. The van der Waals surface area contributed by atoms with Crippen LogP contribution in [0.25, 0.3) is 5.69 Å². The molecule has 4 aromatic rings. The van der Waals surface area contributed by atoms with Gasteiger partial charge in [0.15, 0.2) is 11.5 Å². The van der Waals surface area contributed by atoms with Crippen molar-refractivity contribution in [1.82, 2.24) is 14.9 Å². The molecule has 0 unspecified atom stereocenters. The maximum atomic E-state index is 14.0. The average Bonchev–Trinajstić information content (AvgIpc) is 3.45. The zero-order valence-electron chi connectivity index (χ0n) is 19.6. The van der Waals surface area contributed by atoms with Crippen molar-refractivity contribution >= 4 is 21.6 Å². The number of sulfonamides is 1. The number of carbonyl (C=O) groups is 1. The van der Waals surface area contributed by atoms with Crippen LogP contribution in [0.15, 0.2) is 90.3 Å². The van der Waals surface area contributed by atoms with E-state index in [1.807, 2.05) is 35.0 Å². The van der Waals surface area contributed by atoms with Crippen LogP contribution in [0.3, 0.4) is 0 Å². The summed E-state index contributed by atoms with van der Waals surface area (Å²) in [6.45, 7) is 0.286. The number of amides is 1. The topological polar surface area (TPSA) is 103 Å². The molecule has 1 aromatic heterocycles. The lowest BCUT2D eigenvalue weighted by molar-refractivity contribution is -0.119. The van der Waals surface area contributed by atoms with Crippen LogP contribution in [-0.2, 0) is 21.4 Å². The molecule has 37 heavy (non-hydrogen) atoms. The number of hydrogen-bond acceptors (Lipinski definition) is 6. The number of aromatic nitrogens is 2. The number of rotatable bonds is 8. The van der Waals surface area contributed by atoms with Gasteiger partial charge in [0.1, 0.15) is 25.6 Å². The molecule has 0 bridgehead atoms. The van der Waals surface area contributed by atoms with E-state index in [1.165, 1.54) is 36.4 Å². The van der Waals surface area contributed by atoms with Gasteiger partial charge < -0.3 is 19.4 Å². The van der Waals surface area contributed by atoms with Crippen molar-refractivity contribution in [2.75, 3.05) is 24.1 Å². The Hall–Kier alpha value is -4.38. The van der Waals surface area contributed by atoms with E-state index < -0.39 is 28.3 Å². The molecule has 0 radical (unpaired) electrons. The van der Waals surface area contributed by atoms with Crippen molar-refractivity contribution in [3.8, 4) is 17.2 Å². The Morgan fingerprint density at radius 3 is 2.54 bits per heavy atom. The van der Waals surface area contributed by atoms with E-state index >= 15 is 0 Å². The van der Waals surface area contributed by atoms with Crippen LogP contribution in [0, 0.1) is 5.82 Å². The highest BCUT2D eigenvalue weighted by molar-refractivity contribution is 7.92. The van der Waals surface area contributed by atoms with Gasteiger partial charge in [0.25, 0.3) is 10.0 Å². The second-order valence-corrected chi connectivity index (χ2v) is 10.1. The molecule has 0 atom stereocenters. The third kappa shape index (κ3) is 5.41. The Labute approximate surface area is 213 Å². The van der Waals surface area contributed by atoms with Gasteiger partial charge in [-0.2, -0.15) is 0 Å². The highest BCUT2D eigenvalue weighted by atomic mass is 32.2. The molecule has 9 nitrogen and oxygen atoms in total. The van der Waals surface area contributed by atoms with Crippen molar-refractivity contribution in [1.29, 1.82) is 0 Å². The largest absolute Gasteiger partial charge is 0.486 e. The summed E-state index contributed by atoms with van der Waals surface area (Å²) in [5.74, 6) is -0.461. The summed E-state index contributed by atoms with van der Waals surface area (Å²) in [7, 11) is -4.25. The summed E-state index contributed by atoms with van der Waals surface area (Å²) < 4.78 is 54.9. The van der Waals surface area contributed by atoms with Gasteiger partial charge in [-0.3, -0.25) is 9.10 Å². The van der Waals surface area contributed by atoms with Gasteiger partial charge in [0, 0.05) is 30.7 Å². The molecule has 3 aromatic carbocycles. The number of ether oxygens (including phenoxy) is 2. The Morgan fingerprint density at radius 1 is 1.03 bits per heavy atom. The lowest BCUT2D eigenvalue weighted by Gasteiger charge is -2.25. The molecule has 0 saturated carbocycles. The Balaban J connectivity index is 1.35. The third-order valence-electron chi connectivity index (χ3n) is 5.71. The van der Waals surface area contributed by atoms with Gasteiger partial charge in [-0.25, -0.2) is 17.8 Å². The fourth-order valence-corrected chi connectivity index (χ4v) is 5.27. The summed E-state index contributed by atoms with van der Waals surface area (Å²) in [6.07, 6.45) is 5.18. The average molecular weight is 523 g/mol. The van der Waals surface area contributed by atoms with Gasteiger partial charge in [0.05, 0.1) is 16.9 Å². The molecule has 1 aliphatic heterocycles. The molecule has 1 amide bonds. The molecule has 0 saturated heterocycles. The predicted octanol–water partition coefficient (Wildman–Crippen LogP) is 3.29. The van der Waals surface area contributed by atoms with E-state index in [0.717, 1.165) is 21.6 Å². The fraction of sp³-hybridized carbons (Fsp3) is 0.154. The summed E-state index contributed by atoms with van der Waals surface area (Å²) in [5, 5.41) is 2.74. The zero-order chi connectivity index (χ0) is 25.8. The molecule has 190 valence electrons. The van der Waals surface area contributed by atoms with Gasteiger partial charge in [-0.05, 0) is 48.0 Å². The lowest BCUT2D eigenvalue weighted by Crippen LogP contribution is -2.40. The smallest absolute Gasteiger partial charge is 0.264 e. The van der Waals surface area contributed by atoms with E-state index in [-0.39, 0.29) is 29.5 Å². The highest BCUT2D eigenvalue weighted by Crippen LogP contribution is 2.34. The van der Waals surface area contributed by atoms with Gasteiger partial charge in [0.2, 0.25) is 5.91 Å². The number of imidazole rings is 1. The van der Waals surface area contributed by atoms with Crippen LogP contribution >= 0.6 is 0 Å². The number of benzene rings is 3. The van der Waals surface area contributed by atoms with Crippen LogP contribution in [0.1, 0.15) is 5.56 Å². The van der Waals surface area contributed by atoms with E-state index in [4.69, 9.17) is 9.47 Å². The van der Waals surface area contributed by atoms with Gasteiger partial charge >= 0.3 is 0 Å². The Morgan fingerprint density at radius 2 is 1.81 bits per heavy atom. The molecule has 1 N–H and O–H groups in total. The molecule has 0 spiro atoms. The van der Waals surface area contributed by atoms with Crippen LogP contribution in [0.5, 0.6) is 11.5 Å². The van der Waals surface area contributed by atoms with Gasteiger partial charge in [-0.15, -0.1) is 0 Å². The van der Waals surface area contributed by atoms with Crippen LogP contribution in [0.4, 0.5) is 10.1 Å². The Kier molecular flexibility index (Phi) is 6.78. The number of fused-ring (bicyclic) bond motifs is 1. The summed E-state index contributed by atoms with van der Waals surface area (Å²) in [5.41, 5.74) is 1.76. The minimum absolute atomic E-state index is 0.0229. The molecular formula is C26H23FN4O5S. The first-order chi connectivity index (χ1) is 17.9. The monoisotopic (exact) mass is 522 g/mol. The van der Waals surface area contributed by atoms with Crippen molar-refractivity contribution in [2.24, 2.45) is 0 Å². The van der Waals surface area contributed by atoms with E-state index in [1.54, 1.807) is 12.5 Å². The number of hydrogen-bond donors (Lipinski definition) is 1. The zero-order valence-corrected chi connectivity index (χ0v) is 20.4. The van der Waals surface area contributed by atoms with Gasteiger partial charge in [-0.1, -0.05) is 18.2 Å². The van der Waals surface area contributed by atoms with Crippen LogP contribution in [-0.4, -0.2) is 43.6 Å². The first-order valence-electron chi connectivity index (χ1n) is 11.4. The molecule has 0 fully saturated rings. The third-order valence-corrected chi connectivity index (χ3v) is 7.48. The number of halogens is 1. The second-order valence-electron chi connectivity index (χ2n) is 8.21. The summed E-state index contributed by atoms with van der Waals surface area (Å²) in [6, 6.07) is 16.8. The summed E-state index contributed by atoms with van der Waals surface area (Å²) in [4.78, 5) is 16.8. The molecule has 5 rings (SSSR count). The second kappa shape index (κ2) is 10.3. The molecule has 0 aliphatic carbocycles. The van der Waals surface area contributed by atoms with Crippen molar-refractivity contribution in [2.45, 2.75) is 11.4 Å². The molecular weight excluding hydrogens is 499 g/mol. The first-order valence-corrected chi connectivity index (χ1v) is 12.9. The van der Waals surface area contributed by atoms with E-state index in [0.29, 0.717) is 12.4 Å². The van der Waals surface area contributed by atoms with E-state index in [9.17, 15) is 17.6 Å². The van der Waals surface area contributed by atoms with Crippen LogP contribution in [0.2, 0.25) is 0 Å². The van der Waals surface area contributed by atoms with Crippen molar-refractivity contribution in [3.63, 3.8) is 0 Å². The van der Waals surface area contributed by atoms with Crippen LogP contribution < -0.4 is 19.1 Å². The molecule has 2 heterocycles. The minimum atomic E-state index is -4.25. The molecule has 1 aliphatic rings. The SMILES string of the molecule is O=C(CN(c1cccc(F)c1)S(=O)(=O)c1ccc2c(c1)OCCO2)NCc1ccc(-n2ccnc2)cc1. The minimum Gasteiger partial charge on any atom is -0.486 e.